The molecule has 0 amide bonds. The van der Waals surface area contributed by atoms with Crippen LogP contribution >= 0.6 is 0 Å². The van der Waals surface area contributed by atoms with Crippen molar-refractivity contribution in [1.29, 1.82) is 0 Å². The Hall–Kier alpha value is -1.67. The molecule has 2 N–H and O–H groups in total. The number of likely N-dealkylation sites (tertiary alicyclic amines) is 1. The first-order chi connectivity index (χ1) is 12.8. The van der Waals surface area contributed by atoms with Gasteiger partial charge in [0.1, 0.15) is 6.79 Å². The third-order valence-corrected chi connectivity index (χ3v) is 5.11. The second kappa shape index (κ2) is 9.87. The number of aliphatic hydroxyl groups excluding tert-OH is 1. The number of nitrogens with zero attached hydrogens (tertiary/aromatic N) is 1. The normalized spacial score (nSPS) is 20.0. The van der Waals surface area contributed by atoms with Crippen LogP contribution in [0.4, 0.5) is 0 Å². The van der Waals surface area contributed by atoms with E-state index in [1.54, 1.807) is 0 Å². The molecule has 7 heteroatoms. The Labute approximate surface area is 155 Å². The Morgan fingerprint density at radius 3 is 2.62 bits per heavy atom. The van der Waals surface area contributed by atoms with Gasteiger partial charge in [-0.3, -0.25) is 4.90 Å². The Morgan fingerprint density at radius 2 is 2.00 bits per heavy atom. The first-order valence-electron chi connectivity index (χ1n) is 8.93. The van der Waals surface area contributed by atoms with Crippen molar-refractivity contribution in [3.63, 3.8) is 0 Å². The van der Waals surface area contributed by atoms with E-state index in [0.717, 1.165) is 51.3 Å². The summed E-state index contributed by atoms with van der Waals surface area (Å²) in [7, 11) is 1.00. The third kappa shape index (κ3) is 4.54. The van der Waals surface area contributed by atoms with Gasteiger partial charge in [0.15, 0.2) is 11.5 Å². The van der Waals surface area contributed by atoms with Gasteiger partial charge in [-0.2, -0.15) is 0 Å². The molecule has 4 rings (SSSR count). The van der Waals surface area contributed by atoms with Gasteiger partial charge in [-0.05, 0) is 37.5 Å². The van der Waals surface area contributed by atoms with Crippen LogP contribution in [0.1, 0.15) is 18.9 Å². The van der Waals surface area contributed by atoms with Crippen molar-refractivity contribution in [3.05, 3.63) is 23.8 Å². The summed E-state index contributed by atoms with van der Waals surface area (Å²) in [6, 6.07) is 6.68. The molecule has 0 bridgehead atoms. The molecule has 146 valence electrons. The van der Waals surface area contributed by atoms with Crippen molar-refractivity contribution in [2.45, 2.75) is 31.3 Å². The molecule has 1 atom stereocenters. The first-order valence-corrected chi connectivity index (χ1v) is 8.93. The van der Waals surface area contributed by atoms with E-state index in [-0.39, 0.29) is 0 Å². The third-order valence-electron chi connectivity index (χ3n) is 5.11. The lowest BCUT2D eigenvalue weighted by molar-refractivity contribution is -0.191. The Kier molecular flexibility index (Phi) is 7.84. The number of ether oxygens (including phenoxy) is 3. The molecule has 0 aromatic heterocycles. The molecule has 2 fully saturated rings. The quantitative estimate of drug-likeness (QED) is 0.772. The van der Waals surface area contributed by atoms with E-state index in [1.807, 2.05) is 12.9 Å². The zero-order chi connectivity index (χ0) is 19.0. The number of carbonyl (C=O) groups is 1. The summed E-state index contributed by atoms with van der Waals surface area (Å²) in [5.74, 6) is 1.73. The standard InChI is InChI=1S/C17H24N2O3.CH4O.CH2O/c1-13(8-14-2-3-15-16(9-14)22-12-21-15)18-5-7-19-6-4-17(19)10-20-11-17;2*1-2/h2-3,9,13,18H,4-8,10-12H2,1H3;2H,1H3;1H2. The largest absolute Gasteiger partial charge is 0.454 e. The number of fused-ring (bicyclic) bond motifs is 1. The molecule has 1 unspecified atom stereocenters. The zero-order valence-electron chi connectivity index (χ0n) is 15.7. The van der Waals surface area contributed by atoms with Crippen LogP contribution in [0.15, 0.2) is 18.2 Å². The van der Waals surface area contributed by atoms with Crippen LogP contribution in [0, 0.1) is 0 Å². The highest BCUT2D eigenvalue weighted by atomic mass is 16.7. The Bertz CT molecular complexity index is 559. The summed E-state index contributed by atoms with van der Waals surface area (Å²) in [4.78, 5) is 10.6. The SMILES string of the molecule is C=O.CC(Cc1ccc2c(c1)OCO2)NCCN1CCC12COC2.CO. The van der Waals surface area contributed by atoms with E-state index < -0.39 is 0 Å². The smallest absolute Gasteiger partial charge is 0.231 e. The average molecular weight is 366 g/mol. The maximum absolute atomic E-state index is 8.00. The van der Waals surface area contributed by atoms with Crippen LogP contribution in [0.5, 0.6) is 11.5 Å². The number of rotatable bonds is 6. The number of aliphatic hydroxyl groups is 1. The molecule has 26 heavy (non-hydrogen) atoms. The second-order valence-electron chi connectivity index (χ2n) is 6.70. The molecule has 0 radical (unpaired) electrons. The van der Waals surface area contributed by atoms with Crippen LogP contribution in [0.2, 0.25) is 0 Å². The lowest BCUT2D eigenvalue weighted by Crippen LogP contribution is -2.71. The number of hydrogen-bond acceptors (Lipinski definition) is 7. The van der Waals surface area contributed by atoms with Crippen molar-refractivity contribution >= 4 is 6.79 Å². The van der Waals surface area contributed by atoms with Gasteiger partial charge in [0.05, 0.1) is 18.8 Å². The van der Waals surface area contributed by atoms with Crippen LogP contribution in [-0.2, 0) is 16.0 Å². The maximum Gasteiger partial charge on any atom is 0.231 e. The summed E-state index contributed by atoms with van der Waals surface area (Å²) in [5.41, 5.74) is 1.69. The van der Waals surface area contributed by atoms with Gasteiger partial charge in [0.2, 0.25) is 6.79 Å². The van der Waals surface area contributed by atoms with Crippen LogP contribution in [0.3, 0.4) is 0 Å². The highest BCUT2D eigenvalue weighted by molar-refractivity contribution is 5.44. The highest BCUT2D eigenvalue weighted by Gasteiger charge is 2.50. The fraction of sp³-hybridized carbons (Fsp3) is 0.632. The molecule has 3 heterocycles. The van der Waals surface area contributed by atoms with Crippen LogP contribution in [-0.4, -0.2) is 75.1 Å². The molecule has 1 aromatic rings. The van der Waals surface area contributed by atoms with E-state index in [9.17, 15) is 0 Å². The lowest BCUT2D eigenvalue weighted by Gasteiger charge is -2.57. The number of nitrogens with one attached hydrogen (secondary N) is 1. The zero-order valence-corrected chi connectivity index (χ0v) is 15.7. The van der Waals surface area contributed by atoms with Crippen molar-refractivity contribution in [3.8, 4) is 11.5 Å². The summed E-state index contributed by atoms with van der Waals surface area (Å²) >= 11 is 0. The van der Waals surface area contributed by atoms with E-state index in [1.165, 1.54) is 18.5 Å². The van der Waals surface area contributed by atoms with Crippen molar-refractivity contribution in [2.75, 3.05) is 46.8 Å². The topological polar surface area (TPSA) is 80.3 Å². The summed E-state index contributed by atoms with van der Waals surface area (Å²) in [6.45, 7) is 9.82. The molecule has 0 saturated carbocycles. The van der Waals surface area contributed by atoms with Gasteiger partial charge >= 0.3 is 0 Å². The van der Waals surface area contributed by atoms with Gasteiger partial charge in [0, 0.05) is 32.8 Å². The average Bonchev–Trinajstić information content (AvgIpc) is 3.08. The number of hydrogen-bond donors (Lipinski definition) is 2. The van der Waals surface area contributed by atoms with Gasteiger partial charge in [-0.15, -0.1) is 0 Å². The van der Waals surface area contributed by atoms with Crippen LogP contribution in [0.25, 0.3) is 0 Å². The van der Waals surface area contributed by atoms with Crippen molar-refractivity contribution in [1.82, 2.24) is 10.2 Å². The fourth-order valence-electron chi connectivity index (χ4n) is 3.54. The Morgan fingerprint density at radius 1 is 1.27 bits per heavy atom. The fourth-order valence-corrected chi connectivity index (χ4v) is 3.54. The molecule has 0 aliphatic carbocycles. The van der Waals surface area contributed by atoms with Crippen molar-refractivity contribution < 1.29 is 24.1 Å². The minimum atomic E-state index is 0.341. The molecular formula is C19H30N2O5. The number of carbonyl (C=O) groups excluding carboxylic acids is 1. The van der Waals surface area contributed by atoms with E-state index in [0.29, 0.717) is 18.4 Å². The van der Waals surface area contributed by atoms with Gasteiger partial charge in [-0.25, -0.2) is 0 Å². The molecular weight excluding hydrogens is 336 g/mol. The number of benzene rings is 1. The second-order valence-corrected chi connectivity index (χ2v) is 6.70. The maximum atomic E-state index is 8.00. The minimum absolute atomic E-state index is 0.341. The molecule has 1 spiro atoms. The van der Waals surface area contributed by atoms with E-state index in [4.69, 9.17) is 24.1 Å². The predicted octanol–water partition coefficient (Wildman–Crippen LogP) is 0.834. The van der Waals surface area contributed by atoms with Gasteiger partial charge < -0.3 is 29.4 Å². The molecule has 3 aliphatic heterocycles. The van der Waals surface area contributed by atoms with E-state index in [2.05, 4.69) is 29.3 Å². The Balaban J connectivity index is 0.000000570. The van der Waals surface area contributed by atoms with Crippen molar-refractivity contribution in [2.24, 2.45) is 0 Å². The van der Waals surface area contributed by atoms with Crippen LogP contribution < -0.4 is 14.8 Å². The van der Waals surface area contributed by atoms with E-state index >= 15 is 0 Å². The molecule has 1 aromatic carbocycles. The molecule has 7 nitrogen and oxygen atoms in total. The summed E-state index contributed by atoms with van der Waals surface area (Å²) < 4.78 is 16.2. The molecule has 3 aliphatic rings. The minimum Gasteiger partial charge on any atom is -0.454 e. The first kappa shape index (κ1) is 20.6. The highest BCUT2D eigenvalue weighted by Crippen LogP contribution is 2.36. The van der Waals surface area contributed by atoms with Gasteiger partial charge in [-0.1, -0.05) is 6.07 Å². The summed E-state index contributed by atoms with van der Waals surface area (Å²) in [5, 5.41) is 10.6. The van der Waals surface area contributed by atoms with Gasteiger partial charge in [0.25, 0.3) is 0 Å². The molecule has 2 saturated heterocycles. The monoisotopic (exact) mass is 366 g/mol. The summed E-state index contributed by atoms with van der Waals surface area (Å²) in [6.07, 6.45) is 2.31. The lowest BCUT2D eigenvalue weighted by atomic mass is 9.83. The predicted molar refractivity (Wildman–Crippen MR) is 98.7 cm³/mol.